The Balaban J connectivity index is 2.46. The Bertz CT molecular complexity index is 414. The zero-order valence-electron chi connectivity index (χ0n) is 9.42. The quantitative estimate of drug-likeness (QED) is 0.778. The van der Waals surface area contributed by atoms with E-state index in [-0.39, 0.29) is 17.5 Å². The molecule has 17 heavy (non-hydrogen) atoms. The summed E-state index contributed by atoms with van der Waals surface area (Å²) in [6, 6.07) is 6.42. The van der Waals surface area contributed by atoms with Crippen LogP contribution in [0.15, 0.2) is 24.3 Å². The first-order chi connectivity index (χ1) is 8.20. The van der Waals surface area contributed by atoms with E-state index in [1.54, 1.807) is 18.2 Å². The highest BCUT2D eigenvalue weighted by atomic mass is 35.5. The second kappa shape index (κ2) is 5.15. The Morgan fingerprint density at radius 2 is 2.00 bits per heavy atom. The maximum atomic E-state index is 13.9. The molecule has 1 saturated heterocycles. The van der Waals surface area contributed by atoms with Crippen molar-refractivity contribution in [3.63, 3.8) is 0 Å². The summed E-state index contributed by atoms with van der Waals surface area (Å²) >= 11 is 5.66. The summed E-state index contributed by atoms with van der Waals surface area (Å²) in [5, 5.41) is 0. The molecule has 1 aliphatic heterocycles. The average molecular weight is 257 g/mol. The molecule has 0 N–H and O–H groups in total. The number of halogens is 2. The minimum Gasteiger partial charge on any atom is -0.381 e. The molecule has 0 aromatic heterocycles. The summed E-state index contributed by atoms with van der Waals surface area (Å²) in [7, 11) is 0. The number of rotatable bonds is 3. The van der Waals surface area contributed by atoms with E-state index in [1.807, 2.05) is 0 Å². The summed E-state index contributed by atoms with van der Waals surface area (Å²) in [5.74, 6) is -0.547. The van der Waals surface area contributed by atoms with Crippen molar-refractivity contribution in [2.45, 2.75) is 18.3 Å². The molecular weight excluding hydrogens is 243 g/mol. The van der Waals surface area contributed by atoms with Crippen LogP contribution in [0.1, 0.15) is 18.4 Å². The Morgan fingerprint density at radius 3 is 2.59 bits per heavy atom. The van der Waals surface area contributed by atoms with Crippen molar-refractivity contribution in [2.24, 2.45) is 0 Å². The maximum absolute atomic E-state index is 13.9. The lowest BCUT2D eigenvalue weighted by Crippen LogP contribution is -2.42. The standard InChI is InChI=1S/C13H14ClFO2/c14-9-12(16)13(5-7-17-8-6-13)10-3-1-2-4-11(10)15/h1-4H,5-9H2. The van der Waals surface area contributed by atoms with Crippen LogP contribution in [0, 0.1) is 5.82 Å². The van der Waals surface area contributed by atoms with Gasteiger partial charge < -0.3 is 4.74 Å². The van der Waals surface area contributed by atoms with E-state index in [1.165, 1.54) is 6.07 Å². The van der Waals surface area contributed by atoms with Gasteiger partial charge in [0.2, 0.25) is 0 Å². The third kappa shape index (κ3) is 2.22. The third-order valence-electron chi connectivity index (χ3n) is 3.39. The number of hydrogen-bond acceptors (Lipinski definition) is 2. The molecule has 1 fully saturated rings. The van der Waals surface area contributed by atoms with Gasteiger partial charge in [0, 0.05) is 18.8 Å². The summed E-state index contributed by atoms with van der Waals surface area (Å²) in [6.45, 7) is 0.938. The van der Waals surface area contributed by atoms with Gasteiger partial charge in [0.05, 0.1) is 11.3 Å². The average Bonchev–Trinajstić information content (AvgIpc) is 2.39. The Morgan fingerprint density at radius 1 is 1.35 bits per heavy atom. The monoisotopic (exact) mass is 256 g/mol. The SMILES string of the molecule is O=C(CCl)C1(c2ccccc2F)CCOCC1. The zero-order chi connectivity index (χ0) is 12.3. The van der Waals surface area contributed by atoms with E-state index in [0.29, 0.717) is 31.6 Å². The van der Waals surface area contributed by atoms with Crippen molar-refractivity contribution < 1.29 is 13.9 Å². The molecule has 0 atom stereocenters. The maximum Gasteiger partial charge on any atom is 0.158 e. The molecule has 1 aromatic carbocycles. The van der Waals surface area contributed by atoms with Crippen molar-refractivity contribution in [3.8, 4) is 0 Å². The lowest BCUT2D eigenvalue weighted by molar-refractivity contribution is -0.125. The van der Waals surface area contributed by atoms with Crippen LogP contribution in [-0.4, -0.2) is 24.9 Å². The van der Waals surface area contributed by atoms with Gasteiger partial charge in [-0.15, -0.1) is 11.6 Å². The molecule has 1 heterocycles. The van der Waals surface area contributed by atoms with E-state index in [4.69, 9.17) is 16.3 Å². The molecule has 0 spiro atoms. The molecule has 2 rings (SSSR count). The van der Waals surface area contributed by atoms with Gasteiger partial charge in [-0.25, -0.2) is 4.39 Å². The second-order valence-corrected chi connectivity index (χ2v) is 4.50. The van der Waals surface area contributed by atoms with Crippen LogP contribution in [0.4, 0.5) is 4.39 Å². The number of ether oxygens (including phenoxy) is 1. The van der Waals surface area contributed by atoms with Crippen LogP contribution in [-0.2, 0) is 14.9 Å². The summed E-state index contributed by atoms with van der Waals surface area (Å²) in [4.78, 5) is 12.1. The van der Waals surface area contributed by atoms with E-state index < -0.39 is 5.41 Å². The molecule has 4 heteroatoms. The van der Waals surface area contributed by atoms with Crippen molar-refractivity contribution in [1.82, 2.24) is 0 Å². The minimum atomic E-state index is -0.800. The molecular formula is C13H14ClFO2. The largest absolute Gasteiger partial charge is 0.381 e. The van der Waals surface area contributed by atoms with Gasteiger partial charge in [-0.2, -0.15) is 0 Å². The molecule has 0 aliphatic carbocycles. The number of carbonyl (C=O) groups is 1. The summed E-state index contributed by atoms with van der Waals surface area (Å²) < 4.78 is 19.1. The van der Waals surface area contributed by atoms with Crippen molar-refractivity contribution >= 4 is 17.4 Å². The van der Waals surface area contributed by atoms with Crippen LogP contribution in [0.25, 0.3) is 0 Å². The fraction of sp³-hybridized carbons (Fsp3) is 0.462. The van der Waals surface area contributed by atoms with Gasteiger partial charge in [-0.05, 0) is 18.9 Å². The van der Waals surface area contributed by atoms with E-state index in [0.717, 1.165) is 0 Å². The molecule has 0 radical (unpaired) electrons. The molecule has 1 aliphatic rings. The number of benzene rings is 1. The van der Waals surface area contributed by atoms with Gasteiger partial charge in [0.1, 0.15) is 5.82 Å². The highest BCUT2D eigenvalue weighted by Gasteiger charge is 2.42. The first kappa shape index (κ1) is 12.5. The zero-order valence-corrected chi connectivity index (χ0v) is 10.2. The molecule has 1 aromatic rings. The van der Waals surface area contributed by atoms with Gasteiger partial charge >= 0.3 is 0 Å². The molecule has 0 bridgehead atoms. The lowest BCUT2D eigenvalue weighted by atomic mass is 9.71. The van der Waals surface area contributed by atoms with Gasteiger partial charge in [-0.1, -0.05) is 18.2 Å². The van der Waals surface area contributed by atoms with Crippen molar-refractivity contribution in [3.05, 3.63) is 35.6 Å². The third-order valence-corrected chi connectivity index (χ3v) is 3.63. The normalized spacial score (nSPS) is 18.9. The van der Waals surface area contributed by atoms with Crippen molar-refractivity contribution in [1.29, 1.82) is 0 Å². The van der Waals surface area contributed by atoms with Gasteiger partial charge in [0.15, 0.2) is 5.78 Å². The van der Waals surface area contributed by atoms with Crippen LogP contribution < -0.4 is 0 Å². The van der Waals surface area contributed by atoms with E-state index in [9.17, 15) is 9.18 Å². The number of hydrogen-bond donors (Lipinski definition) is 0. The Hall–Kier alpha value is -0.930. The smallest absolute Gasteiger partial charge is 0.158 e. The fourth-order valence-corrected chi connectivity index (χ4v) is 2.65. The van der Waals surface area contributed by atoms with Crippen LogP contribution in [0.2, 0.25) is 0 Å². The molecule has 2 nitrogen and oxygen atoms in total. The second-order valence-electron chi connectivity index (χ2n) is 4.23. The summed E-state index contributed by atoms with van der Waals surface area (Å²) in [5.41, 5.74) is -0.348. The van der Waals surface area contributed by atoms with Crippen LogP contribution >= 0.6 is 11.6 Å². The number of Topliss-reactive ketones (excluding diaryl/α,β-unsaturated/α-hetero) is 1. The molecule has 0 unspecified atom stereocenters. The number of ketones is 1. The highest BCUT2D eigenvalue weighted by molar-refractivity contribution is 6.29. The lowest BCUT2D eigenvalue weighted by Gasteiger charge is -2.36. The van der Waals surface area contributed by atoms with E-state index >= 15 is 0 Å². The predicted octanol–water partition coefficient (Wildman–Crippen LogP) is 2.68. The molecule has 0 amide bonds. The van der Waals surface area contributed by atoms with Gasteiger partial charge in [0.25, 0.3) is 0 Å². The number of carbonyl (C=O) groups excluding carboxylic acids is 1. The van der Waals surface area contributed by atoms with Crippen molar-refractivity contribution in [2.75, 3.05) is 19.1 Å². The first-order valence-electron chi connectivity index (χ1n) is 5.63. The number of alkyl halides is 1. The van der Waals surface area contributed by atoms with Gasteiger partial charge in [-0.3, -0.25) is 4.79 Å². The topological polar surface area (TPSA) is 26.3 Å². The molecule has 92 valence electrons. The Kier molecular flexibility index (Phi) is 3.79. The Labute approximate surface area is 105 Å². The van der Waals surface area contributed by atoms with Crippen LogP contribution in [0.3, 0.4) is 0 Å². The summed E-state index contributed by atoms with van der Waals surface area (Å²) in [6.07, 6.45) is 0.999. The minimum absolute atomic E-state index is 0.0890. The fourth-order valence-electron chi connectivity index (χ4n) is 2.40. The first-order valence-corrected chi connectivity index (χ1v) is 6.16. The van der Waals surface area contributed by atoms with Crippen LogP contribution in [0.5, 0.6) is 0 Å². The predicted molar refractivity (Wildman–Crippen MR) is 63.9 cm³/mol. The van der Waals surface area contributed by atoms with E-state index in [2.05, 4.69) is 0 Å². The highest BCUT2D eigenvalue weighted by Crippen LogP contribution is 2.37. The molecule has 0 saturated carbocycles.